The molecule has 116 valence electrons. The molecule has 0 amide bonds. The van der Waals surface area contributed by atoms with E-state index in [9.17, 15) is 0 Å². The second-order valence-corrected chi connectivity index (χ2v) is 8.97. The van der Waals surface area contributed by atoms with E-state index in [1.165, 1.54) is 4.88 Å². The lowest BCUT2D eigenvalue weighted by Crippen LogP contribution is -2.40. The summed E-state index contributed by atoms with van der Waals surface area (Å²) in [6.07, 6.45) is 0. The van der Waals surface area contributed by atoms with Crippen molar-refractivity contribution in [3.05, 3.63) is 19.2 Å². The maximum absolute atomic E-state index is 6.07. The normalized spacial score (nSPS) is 13.7. The summed E-state index contributed by atoms with van der Waals surface area (Å²) in [5.41, 5.74) is 6.07. The average Bonchev–Trinajstić information content (AvgIpc) is 2.66. The number of hydrogen-bond donors (Lipinski definition) is 1. The Morgan fingerprint density at radius 1 is 1.25 bits per heavy atom. The summed E-state index contributed by atoms with van der Waals surface area (Å²) in [6.45, 7) is 8.34. The molecule has 0 aliphatic rings. The molecule has 1 rings (SSSR count). The van der Waals surface area contributed by atoms with Crippen molar-refractivity contribution in [3.8, 4) is 0 Å². The van der Waals surface area contributed by atoms with Crippen LogP contribution >= 0.6 is 43.2 Å². The van der Waals surface area contributed by atoms with Gasteiger partial charge in [0.05, 0.1) is 9.83 Å². The van der Waals surface area contributed by atoms with Crippen LogP contribution in [0, 0.1) is 5.92 Å². The topological polar surface area (TPSA) is 32.5 Å². The quantitative estimate of drug-likeness (QED) is 0.686. The van der Waals surface area contributed by atoms with Gasteiger partial charge in [-0.15, -0.1) is 11.3 Å². The predicted molar refractivity (Wildman–Crippen MR) is 96.5 cm³/mol. The van der Waals surface area contributed by atoms with Gasteiger partial charge in [-0.05, 0) is 57.9 Å². The lowest BCUT2D eigenvalue weighted by atomic mass is 10.1. The fourth-order valence-electron chi connectivity index (χ4n) is 2.14. The lowest BCUT2D eigenvalue weighted by molar-refractivity contribution is 0.166. The van der Waals surface area contributed by atoms with E-state index in [4.69, 9.17) is 5.73 Å². The molecule has 0 bridgehead atoms. The Labute approximate surface area is 143 Å². The van der Waals surface area contributed by atoms with Gasteiger partial charge in [0.2, 0.25) is 0 Å². The zero-order valence-electron chi connectivity index (χ0n) is 12.7. The fraction of sp³-hybridized carbons (Fsp3) is 0.714. The number of rotatable bonds is 8. The number of nitrogens with two attached hydrogens (primary N) is 1. The SMILES string of the molecule is CC(C)CN(CCN(C)C)C(CN)c1cc(Br)c(Br)s1. The molecule has 0 radical (unpaired) electrons. The molecule has 0 saturated carbocycles. The highest BCUT2D eigenvalue weighted by Crippen LogP contribution is 2.37. The summed E-state index contributed by atoms with van der Waals surface area (Å²) in [5.74, 6) is 0.637. The van der Waals surface area contributed by atoms with Crippen molar-refractivity contribution in [2.24, 2.45) is 11.7 Å². The van der Waals surface area contributed by atoms with Crippen LogP contribution < -0.4 is 5.73 Å². The van der Waals surface area contributed by atoms with Gasteiger partial charge in [0.25, 0.3) is 0 Å². The van der Waals surface area contributed by atoms with Crippen molar-refractivity contribution in [1.29, 1.82) is 0 Å². The standard InChI is InChI=1S/C14H25Br2N3S/c1-10(2)9-19(6-5-18(3)4)12(8-17)13-7-11(15)14(16)20-13/h7,10,12H,5-6,8-9,17H2,1-4H3. The second kappa shape index (κ2) is 8.86. The van der Waals surface area contributed by atoms with Crippen molar-refractivity contribution >= 4 is 43.2 Å². The highest BCUT2D eigenvalue weighted by atomic mass is 79.9. The molecule has 20 heavy (non-hydrogen) atoms. The number of likely N-dealkylation sites (N-methyl/N-ethyl adjacent to an activating group) is 1. The minimum atomic E-state index is 0.296. The summed E-state index contributed by atoms with van der Waals surface area (Å²) < 4.78 is 2.26. The first-order chi connectivity index (χ1) is 9.35. The Hall–Kier alpha value is 0.540. The van der Waals surface area contributed by atoms with Crippen LogP contribution in [0.5, 0.6) is 0 Å². The Balaban J connectivity index is 2.88. The van der Waals surface area contributed by atoms with Crippen LogP contribution in [0.3, 0.4) is 0 Å². The van der Waals surface area contributed by atoms with Crippen LogP contribution in [0.2, 0.25) is 0 Å². The van der Waals surface area contributed by atoms with E-state index in [1.54, 1.807) is 11.3 Å². The summed E-state index contributed by atoms with van der Waals surface area (Å²) in [4.78, 5) is 6.06. The summed E-state index contributed by atoms with van der Waals surface area (Å²) in [7, 11) is 4.23. The zero-order valence-corrected chi connectivity index (χ0v) is 16.7. The zero-order chi connectivity index (χ0) is 15.3. The first-order valence-corrected chi connectivity index (χ1v) is 9.29. The van der Waals surface area contributed by atoms with E-state index in [0.29, 0.717) is 18.5 Å². The highest BCUT2D eigenvalue weighted by molar-refractivity contribution is 9.13. The molecule has 0 spiro atoms. The molecule has 6 heteroatoms. The largest absolute Gasteiger partial charge is 0.329 e. The lowest BCUT2D eigenvalue weighted by Gasteiger charge is -2.32. The Bertz CT molecular complexity index is 388. The minimum absolute atomic E-state index is 0.296. The van der Waals surface area contributed by atoms with Gasteiger partial charge in [-0.1, -0.05) is 13.8 Å². The van der Waals surface area contributed by atoms with Crippen LogP contribution in [0.25, 0.3) is 0 Å². The first kappa shape index (κ1) is 18.6. The van der Waals surface area contributed by atoms with E-state index >= 15 is 0 Å². The number of hydrogen-bond acceptors (Lipinski definition) is 4. The molecule has 1 unspecified atom stereocenters. The van der Waals surface area contributed by atoms with E-state index in [0.717, 1.165) is 27.9 Å². The van der Waals surface area contributed by atoms with Gasteiger partial charge in [-0.2, -0.15) is 0 Å². The molecule has 2 N–H and O–H groups in total. The third kappa shape index (κ3) is 5.73. The molecule has 1 heterocycles. The third-order valence-electron chi connectivity index (χ3n) is 3.09. The van der Waals surface area contributed by atoms with Gasteiger partial charge in [-0.25, -0.2) is 0 Å². The van der Waals surface area contributed by atoms with E-state index in [2.05, 4.69) is 75.7 Å². The molecule has 0 aliphatic carbocycles. The maximum atomic E-state index is 6.07. The van der Waals surface area contributed by atoms with Crippen LogP contribution in [0.15, 0.2) is 14.3 Å². The average molecular weight is 427 g/mol. The van der Waals surface area contributed by atoms with Crippen LogP contribution in [-0.4, -0.2) is 50.1 Å². The molecule has 1 aromatic heterocycles. The molecule has 1 atom stereocenters. The maximum Gasteiger partial charge on any atom is 0.0843 e. The molecule has 0 fully saturated rings. The van der Waals surface area contributed by atoms with Crippen LogP contribution in [0.1, 0.15) is 24.8 Å². The molecule has 0 saturated heterocycles. The van der Waals surface area contributed by atoms with Crippen molar-refractivity contribution in [3.63, 3.8) is 0 Å². The van der Waals surface area contributed by atoms with Crippen LogP contribution in [0.4, 0.5) is 0 Å². The Kier molecular flexibility index (Phi) is 8.23. The third-order valence-corrected chi connectivity index (χ3v) is 6.45. The Morgan fingerprint density at radius 3 is 2.30 bits per heavy atom. The monoisotopic (exact) mass is 425 g/mol. The van der Waals surface area contributed by atoms with Gasteiger partial charge < -0.3 is 10.6 Å². The van der Waals surface area contributed by atoms with Crippen molar-refractivity contribution in [2.45, 2.75) is 19.9 Å². The van der Waals surface area contributed by atoms with Gasteiger partial charge in [0.15, 0.2) is 0 Å². The smallest absolute Gasteiger partial charge is 0.0843 e. The van der Waals surface area contributed by atoms with Crippen LogP contribution in [-0.2, 0) is 0 Å². The molecular weight excluding hydrogens is 402 g/mol. The summed E-state index contributed by atoms with van der Waals surface area (Å²) in [5, 5.41) is 0. The van der Waals surface area contributed by atoms with E-state index in [1.807, 2.05) is 0 Å². The van der Waals surface area contributed by atoms with Gasteiger partial charge in [0.1, 0.15) is 0 Å². The van der Waals surface area contributed by atoms with Gasteiger partial charge in [-0.3, -0.25) is 4.90 Å². The molecule has 1 aromatic rings. The Morgan fingerprint density at radius 2 is 1.90 bits per heavy atom. The van der Waals surface area contributed by atoms with E-state index < -0.39 is 0 Å². The number of thiophene rings is 1. The fourth-order valence-corrected chi connectivity index (χ4v) is 4.38. The summed E-state index contributed by atoms with van der Waals surface area (Å²) in [6, 6.07) is 2.49. The molecule has 3 nitrogen and oxygen atoms in total. The number of nitrogens with zero attached hydrogens (tertiary/aromatic N) is 2. The molecule has 0 aliphatic heterocycles. The van der Waals surface area contributed by atoms with Gasteiger partial charge in [0, 0.05) is 35.5 Å². The predicted octanol–water partition coefficient (Wildman–Crippen LogP) is 3.79. The summed E-state index contributed by atoms with van der Waals surface area (Å²) >= 11 is 8.92. The molecule has 0 aromatic carbocycles. The number of halogens is 2. The van der Waals surface area contributed by atoms with Crippen molar-refractivity contribution < 1.29 is 0 Å². The minimum Gasteiger partial charge on any atom is -0.329 e. The van der Waals surface area contributed by atoms with Crippen molar-refractivity contribution in [2.75, 3.05) is 40.3 Å². The van der Waals surface area contributed by atoms with Gasteiger partial charge >= 0.3 is 0 Å². The first-order valence-electron chi connectivity index (χ1n) is 6.88. The second-order valence-electron chi connectivity index (χ2n) is 5.71. The highest BCUT2D eigenvalue weighted by Gasteiger charge is 2.22. The molecular formula is C14H25Br2N3S. The van der Waals surface area contributed by atoms with Crippen molar-refractivity contribution in [1.82, 2.24) is 9.80 Å². The van der Waals surface area contributed by atoms with E-state index in [-0.39, 0.29) is 0 Å².